The third-order valence-electron chi connectivity index (χ3n) is 7.76. The van der Waals surface area contributed by atoms with Crippen molar-refractivity contribution in [3.63, 3.8) is 0 Å². The molecule has 4 rings (SSSR count). The monoisotopic (exact) mass is 284 g/mol. The zero-order valence-corrected chi connectivity index (χ0v) is 13.3. The number of terminal acetylenes is 1. The van der Waals surface area contributed by atoms with Crippen LogP contribution in [0.15, 0.2) is 11.6 Å². The molecule has 0 aliphatic heterocycles. The molecule has 0 amide bonds. The Kier molecular flexibility index (Phi) is 3.06. The lowest BCUT2D eigenvalue weighted by molar-refractivity contribution is -0.0813. The molecule has 114 valence electrons. The van der Waals surface area contributed by atoms with Crippen LogP contribution in [0.2, 0.25) is 0 Å². The van der Waals surface area contributed by atoms with Gasteiger partial charge in [0.15, 0.2) is 0 Å². The summed E-state index contributed by atoms with van der Waals surface area (Å²) in [6.07, 6.45) is 19.5. The summed E-state index contributed by atoms with van der Waals surface area (Å²) in [5.41, 5.74) is 0.888. The molecule has 1 N–H and O–H groups in total. The van der Waals surface area contributed by atoms with E-state index in [4.69, 9.17) is 6.42 Å². The summed E-state index contributed by atoms with van der Waals surface area (Å²) in [5, 5.41) is 10.9. The Morgan fingerprint density at radius 3 is 2.86 bits per heavy atom. The van der Waals surface area contributed by atoms with E-state index in [0.717, 1.165) is 37.0 Å². The van der Waals surface area contributed by atoms with Crippen molar-refractivity contribution in [2.45, 2.75) is 70.3 Å². The van der Waals surface area contributed by atoms with Gasteiger partial charge in [0, 0.05) is 5.41 Å². The first kappa shape index (κ1) is 13.9. The van der Waals surface area contributed by atoms with Crippen LogP contribution in [0.3, 0.4) is 0 Å². The quantitative estimate of drug-likeness (QED) is 0.519. The second kappa shape index (κ2) is 4.63. The number of fused-ring (bicyclic) bond motifs is 5. The fourth-order valence-corrected chi connectivity index (χ4v) is 6.50. The molecule has 0 heterocycles. The number of aliphatic hydroxyl groups is 1. The lowest BCUT2D eigenvalue weighted by Crippen LogP contribution is -2.51. The number of allylic oxidation sites excluding steroid dienone is 2. The van der Waals surface area contributed by atoms with Gasteiger partial charge in [-0.2, -0.15) is 0 Å². The summed E-state index contributed by atoms with van der Waals surface area (Å²) in [7, 11) is 0. The Labute approximate surface area is 129 Å². The predicted octanol–water partition coefficient (Wildman–Crippen LogP) is 4.31. The largest absolute Gasteiger partial charge is 0.377 e. The minimum Gasteiger partial charge on any atom is -0.377 e. The maximum absolute atomic E-state index is 10.9. The number of hydrogen-bond acceptors (Lipinski definition) is 1. The Hall–Kier alpha value is -0.740. The fraction of sp³-hybridized carbons (Fsp3) is 0.800. The zero-order chi connectivity index (χ0) is 14.7. The van der Waals surface area contributed by atoms with E-state index in [1.807, 2.05) is 0 Å². The third-order valence-corrected chi connectivity index (χ3v) is 7.76. The summed E-state index contributed by atoms with van der Waals surface area (Å²) >= 11 is 0. The Balaban J connectivity index is 1.67. The van der Waals surface area contributed by atoms with Crippen LogP contribution in [0.1, 0.15) is 64.7 Å². The molecule has 3 fully saturated rings. The summed E-state index contributed by atoms with van der Waals surface area (Å²) in [6, 6.07) is 0. The van der Waals surface area contributed by atoms with Gasteiger partial charge in [0.05, 0.1) is 0 Å². The van der Waals surface area contributed by atoms with Crippen molar-refractivity contribution >= 4 is 0 Å². The van der Waals surface area contributed by atoms with Crippen LogP contribution < -0.4 is 0 Å². The van der Waals surface area contributed by atoms with E-state index >= 15 is 0 Å². The van der Waals surface area contributed by atoms with E-state index in [1.165, 1.54) is 38.5 Å². The van der Waals surface area contributed by atoms with E-state index in [-0.39, 0.29) is 5.41 Å². The highest BCUT2D eigenvalue weighted by molar-refractivity contribution is 5.25. The average molecular weight is 284 g/mol. The van der Waals surface area contributed by atoms with Gasteiger partial charge in [-0.25, -0.2) is 0 Å². The fourth-order valence-electron chi connectivity index (χ4n) is 6.50. The van der Waals surface area contributed by atoms with Crippen molar-refractivity contribution < 1.29 is 5.11 Å². The van der Waals surface area contributed by atoms with Crippen LogP contribution in [0, 0.1) is 41.4 Å². The van der Waals surface area contributed by atoms with Gasteiger partial charge in [-0.15, -0.1) is 6.42 Å². The molecule has 4 aliphatic rings. The molecular formula is C20H28O. The normalized spacial score (nSPS) is 52.1. The van der Waals surface area contributed by atoms with Gasteiger partial charge in [0.25, 0.3) is 0 Å². The van der Waals surface area contributed by atoms with Crippen molar-refractivity contribution in [2.24, 2.45) is 29.1 Å². The van der Waals surface area contributed by atoms with Crippen molar-refractivity contribution in [3.8, 4) is 12.3 Å². The molecule has 0 aromatic heterocycles. The highest BCUT2D eigenvalue weighted by Gasteiger charge is 2.61. The second-order valence-corrected chi connectivity index (χ2v) is 8.30. The average Bonchev–Trinajstić information content (AvgIpc) is 2.79. The van der Waals surface area contributed by atoms with E-state index in [9.17, 15) is 5.11 Å². The minimum absolute atomic E-state index is 0.0388. The number of hydrogen-bond donors (Lipinski definition) is 1. The van der Waals surface area contributed by atoms with Gasteiger partial charge >= 0.3 is 0 Å². The van der Waals surface area contributed by atoms with E-state index in [0.29, 0.717) is 5.92 Å². The molecule has 0 radical (unpaired) electrons. The zero-order valence-electron chi connectivity index (χ0n) is 13.3. The Morgan fingerprint density at radius 1 is 1.19 bits per heavy atom. The van der Waals surface area contributed by atoms with E-state index < -0.39 is 5.60 Å². The highest BCUT2D eigenvalue weighted by atomic mass is 16.3. The first-order valence-corrected chi connectivity index (χ1v) is 8.98. The third kappa shape index (κ3) is 1.75. The van der Waals surface area contributed by atoms with Crippen LogP contribution in [0.5, 0.6) is 0 Å². The van der Waals surface area contributed by atoms with Gasteiger partial charge in [-0.05, 0) is 75.0 Å². The first-order chi connectivity index (χ1) is 10.1. The summed E-state index contributed by atoms with van der Waals surface area (Å²) in [6.45, 7) is 2.28. The standard InChI is InChI=1S/C20H28O/c1-3-20(21)13-11-18-17-9-8-14-6-4-5-7-15(14)16(17)10-12-19(18,20)2/h1,8,15-18,21H,4-7,9-13H2,2H3/t15-,16?,17?,18?,19-,20-/m0/s1. The van der Waals surface area contributed by atoms with Crippen LogP contribution in [0.4, 0.5) is 0 Å². The SMILES string of the molecule is C#C[C@]1(O)CCC2C3CC=C4CCCC[C@@H]4C3CC[C@@]21C. The molecule has 0 spiro atoms. The van der Waals surface area contributed by atoms with Crippen LogP contribution >= 0.6 is 0 Å². The topological polar surface area (TPSA) is 20.2 Å². The van der Waals surface area contributed by atoms with Crippen LogP contribution in [-0.4, -0.2) is 10.7 Å². The molecule has 3 saturated carbocycles. The maximum Gasteiger partial charge on any atom is 0.130 e. The van der Waals surface area contributed by atoms with Gasteiger partial charge in [-0.3, -0.25) is 0 Å². The van der Waals surface area contributed by atoms with E-state index in [2.05, 4.69) is 18.9 Å². The van der Waals surface area contributed by atoms with Crippen LogP contribution in [0.25, 0.3) is 0 Å². The van der Waals surface area contributed by atoms with Gasteiger partial charge in [0.1, 0.15) is 5.60 Å². The predicted molar refractivity (Wildman–Crippen MR) is 85.5 cm³/mol. The van der Waals surface area contributed by atoms with Crippen molar-refractivity contribution in [3.05, 3.63) is 11.6 Å². The molecule has 1 heteroatoms. The molecule has 4 aliphatic carbocycles. The lowest BCUT2D eigenvalue weighted by Gasteiger charge is -2.54. The highest BCUT2D eigenvalue weighted by Crippen LogP contribution is 2.64. The molecule has 3 unspecified atom stereocenters. The lowest BCUT2D eigenvalue weighted by atomic mass is 9.51. The summed E-state index contributed by atoms with van der Waals surface area (Å²) in [5.74, 6) is 5.92. The molecule has 0 aromatic rings. The van der Waals surface area contributed by atoms with Crippen molar-refractivity contribution in [1.29, 1.82) is 0 Å². The molecule has 21 heavy (non-hydrogen) atoms. The van der Waals surface area contributed by atoms with Crippen molar-refractivity contribution in [2.75, 3.05) is 0 Å². The molecule has 0 saturated heterocycles. The van der Waals surface area contributed by atoms with Gasteiger partial charge in [-0.1, -0.05) is 30.9 Å². The molecule has 1 nitrogen and oxygen atoms in total. The van der Waals surface area contributed by atoms with Gasteiger partial charge in [0.2, 0.25) is 0 Å². The second-order valence-electron chi connectivity index (χ2n) is 8.30. The molecular weight excluding hydrogens is 256 g/mol. The first-order valence-electron chi connectivity index (χ1n) is 8.98. The van der Waals surface area contributed by atoms with E-state index in [1.54, 1.807) is 5.57 Å². The van der Waals surface area contributed by atoms with Crippen LogP contribution in [-0.2, 0) is 0 Å². The molecule has 6 atom stereocenters. The van der Waals surface area contributed by atoms with Gasteiger partial charge < -0.3 is 5.11 Å². The Morgan fingerprint density at radius 2 is 2.05 bits per heavy atom. The molecule has 0 bridgehead atoms. The summed E-state index contributed by atoms with van der Waals surface area (Å²) < 4.78 is 0. The summed E-state index contributed by atoms with van der Waals surface area (Å²) in [4.78, 5) is 0. The number of rotatable bonds is 0. The smallest absolute Gasteiger partial charge is 0.130 e. The minimum atomic E-state index is -0.848. The van der Waals surface area contributed by atoms with Crippen molar-refractivity contribution in [1.82, 2.24) is 0 Å². The Bertz CT molecular complexity index is 512. The maximum atomic E-state index is 10.9. The molecule has 0 aromatic carbocycles.